The van der Waals surface area contributed by atoms with E-state index in [2.05, 4.69) is 34.6 Å². The van der Waals surface area contributed by atoms with E-state index in [0.717, 1.165) is 12.8 Å². The lowest BCUT2D eigenvalue weighted by molar-refractivity contribution is -0.366. The summed E-state index contributed by atoms with van der Waals surface area (Å²) in [4.78, 5) is 12.2. The van der Waals surface area contributed by atoms with Crippen LogP contribution in [0.5, 0.6) is 0 Å². The predicted molar refractivity (Wildman–Crippen MR) is 212 cm³/mol. The molecular weight excluding hydrogens is 752 g/mol. The smallest absolute Gasteiger partial charge is 0.311 e. The van der Waals surface area contributed by atoms with Gasteiger partial charge in [-0.25, -0.2) is 0 Å². The van der Waals surface area contributed by atoms with Crippen LogP contribution in [0.1, 0.15) is 108 Å². The summed E-state index contributed by atoms with van der Waals surface area (Å²) < 4.78 is 65.4. The average Bonchev–Trinajstić information content (AvgIpc) is 3.85. The fourth-order valence-electron chi connectivity index (χ4n) is 12.5. The Labute approximate surface area is 346 Å². The van der Waals surface area contributed by atoms with E-state index in [1.807, 2.05) is 20.8 Å². The number of hydrogen-bond donors (Lipinski definition) is 3. The number of rotatable bonds is 11. The first-order valence-electron chi connectivity index (χ1n) is 21.8. The zero-order valence-corrected chi connectivity index (χ0v) is 37.8. The molecule has 0 radical (unpaired) electrons. The number of ether oxygens (including phenoxy) is 10. The zero-order valence-electron chi connectivity index (χ0n) is 37.8. The van der Waals surface area contributed by atoms with Gasteiger partial charge in [-0.15, -0.1) is 0 Å². The summed E-state index contributed by atoms with van der Waals surface area (Å²) in [6.07, 6.45) is -0.175. The van der Waals surface area contributed by atoms with Crippen LogP contribution in [0.2, 0.25) is 0 Å². The number of carboxylic acids is 1. The minimum atomic E-state index is -1.95. The van der Waals surface area contributed by atoms with Crippen LogP contribution in [-0.4, -0.2) is 139 Å². The highest BCUT2D eigenvalue weighted by Gasteiger charge is 2.64. The maximum Gasteiger partial charge on any atom is 0.311 e. The molecule has 14 nitrogen and oxygen atoms in total. The van der Waals surface area contributed by atoms with E-state index in [0.29, 0.717) is 19.3 Å². The first-order valence-corrected chi connectivity index (χ1v) is 21.8. The van der Waals surface area contributed by atoms with Gasteiger partial charge in [-0.2, -0.15) is 0 Å². The molecule has 0 aliphatic carbocycles. The van der Waals surface area contributed by atoms with Crippen molar-refractivity contribution in [3.63, 3.8) is 0 Å². The monoisotopic (exact) mass is 829 g/mol. The minimum Gasteiger partial charge on any atom is -0.481 e. The molecule has 0 aromatic carbocycles. The van der Waals surface area contributed by atoms with Gasteiger partial charge >= 0.3 is 5.97 Å². The van der Waals surface area contributed by atoms with E-state index in [4.69, 9.17) is 47.4 Å². The van der Waals surface area contributed by atoms with Crippen LogP contribution < -0.4 is 0 Å². The molecule has 0 aromatic heterocycles. The fourth-order valence-corrected chi connectivity index (χ4v) is 12.5. The maximum absolute atomic E-state index is 12.2. The lowest BCUT2D eigenvalue weighted by Gasteiger charge is -2.55. The summed E-state index contributed by atoms with van der Waals surface area (Å²) in [6.45, 7) is 21.6. The second kappa shape index (κ2) is 16.6. The number of methoxy groups -OCH3 is 4. The van der Waals surface area contributed by atoms with Gasteiger partial charge < -0.3 is 62.7 Å². The van der Waals surface area contributed by atoms with E-state index in [-0.39, 0.29) is 66.0 Å². The molecule has 0 aromatic rings. The lowest BCUT2D eigenvalue weighted by atomic mass is 9.71. The highest BCUT2D eigenvalue weighted by Crippen LogP contribution is 2.55. The molecule has 6 rings (SSSR count). The molecule has 0 bridgehead atoms. The molecule has 336 valence electrons. The van der Waals surface area contributed by atoms with Crippen LogP contribution in [-0.2, 0) is 52.2 Å². The van der Waals surface area contributed by atoms with Crippen molar-refractivity contribution >= 4 is 5.97 Å². The van der Waals surface area contributed by atoms with Crippen LogP contribution >= 0.6 is 0 Å². The molecular formula is C44H76O14. The molecule has 0 amide bonds. The molecule has 6 saturated heterocycles. The molecule has 6 aliphatic heterocycles. The number of hydrogen-bond acceptors (Lipinski definition) is 13. The van der Waals surface area contributed by atoms with Crippen molar-refractivity contribution in [2.45, 2.75) is 198 Å². The van der Waals surface area contributed by atoms with Crippen LogP contribution in [0.4, 0.5) is 0 Å². The molecule has 14 heteroatoms. The molecule has 6 heterocycles. The molecule has 6 aliphatic rings. The second-order valence-corrected chi connectivity index (χ2v) is 19.9. The Morgan fingerprint density at radius 2 is 1.28 bits per heavy atom. The van der Waals surface area contributed by atoms with Gasteiger partial charge in [-0.05, 0) is 47.0 Å². The highest BCUT2D eigenvalue weighted by molar-refractivity contribution is 5.70. The topological polar surface area (TPSA) is 170 Å². The predicted octanol–water partition coefficient (Wildman–Crippen LogP) is 5.17. The first kappa shape index (κ1) is 46.5. The minimum absolute atomic E-state index is 0.0300. The van der Waals surface area contributed by atoms with Crippen molar-refractivity contribution in [3.05, 3.63) is 0 Å². The number of carboxylic acid groups (broad SMARTS) is 1. The summed E-state index contributed by atoms with van der Waals surface area (Å²) in [6, 6.07) is 0. The van der Waals surface area contributed by atoms with Crippen molar-refractivity contribution in [2.24, 2.45) is 47.3 Å². The van der Waals surface area contributed by atoms with Crippen molar-refractivity contribution < 1.29 is 67.5 Å². The Morgan fingerprint density at radius 3 is 1.86 bits per heavy atom. The largest absolute Gasteiger partial charge is 0.481 e. The van der Waals surface area contributed by atoms with Crippen molar-refractivity contribution in [3.8, 4) is 0 Å². The van der Waals surface area contributed by atoms with E-state index in [1.165, 1.54) is 6.92 Å². The van der Waals surface area contributed by atoms with Crippen LogP contribution in [0, 0.1) is 47.3 Å². The van der Waals surface area contributed by atoms with Gasteiger partial charge in [-0.1, -0.05) is 48.5 Å². The molecule has 1 spiro atoms. The Kier molecular flexibility index (Phi) is 13.3. The van der Waals surface area contributed by atoms with Crippen LogP contribution in [0.15, 0.2) is 0 Å². The molecule has 58 heavy (non-hydrogen) atoms. The zero-order chi connectivity index (χ0) is 43.1. The highest BCUT2D eigenvalue weighted by atomic mass is 16.7. The summed E-state index contributed by atoms with van der Waals surface area (Å²) in [5, 5.41) is 33.1. The van der Waals surface area contributed by atoms with E-state index >= 15 is 0 Å². The number of carbonyl (C=O) groups is 1. The Bertz CT molecular complexity index is 1450. The average molecular weight is 829 g/mol. The van der Waals surface area contributed by atoms with Gasteiger partial charge in [0.25, 0.3) is 0 Å². The third kappa shape index (κ3) is 7.62. The third-order valence-electron chi connectivity index (χ3n) is 16.3. The Hall–Kier alpha value is -1.01. The summed E-state index contributed by atoms with van der Waals surface area (Å²) in [5.41, 5.74) is -1.32. The Morgan fingerprint density at radius 1 is 0.672 bits per heavy atom. The second-order valence-electron chi connectivity index (χ2n) is 19.9. The summed E-state index contributed by atoms with van der Waals surface area (Å²) in [5.74, 6) is -8.04. The molecule has 2 unspecified atom stereocenters. The quantitative estimate of drug-likeness (QED) is 0.249. The van der Waals surface area contributed by atoms with E-state index in [9.17, 15) is 20.1 Å². The fraction of sp³-hybridized carbons (Fsp3) is 0.977. The maximum atomic E-state index is 12.2. The lowest BCUT2D eigenvalue weighted by Crippen LogP contribution is -2.65. The van der Waals surface area contributed by atoms with Crippen molar-refractivity contribution in [2.75, 3.05) is 28.4 Å². The van der Waals surface area contributed by atoms with Gasteiger partial charge in [0, 0.05) is 82.7 Å². The van der Waals surface area contributed by atoms with E-state index in [1.54, 1.807) is 42.3 Å². The Balaban J connectivity index is 1.19. The standard InChI is InChI=1S/C44H76O14/c1-21-29(49-12)20-43(56-31(21)22(2)32-23(3)34(51-14)27(7)44(48,57-32)28(8)39(45)46)19-18-40(9,58-43)30-16-17-41(10,54-30)38-25(5)35(52-15)37(53-38)36-24(4)33(50-13)26(6)42(11,47)55-36/h21-38,47-48H,16-20H2,1-15H3,(H,45,46)/t21-,22-,23+,24+,25+,26-,27-,28-,29+,30?,31+,32-,33+,34+,35-,36+,37?,38-,40+,41+,42+,43-,44-/m1/s1. The van der Waals surface area contributed by atoms with Crippen molar-refractivity contribution in [1.82, 2.24) is 0 Å². The number of aliphatic hydroxyl groups is 2. The summed E-state index contributed by atoms with van der Waals surface area (Å²) in [7, 11) is 6.70. The first-order chi connectivity index (χ1) is 27.0. The van der Waals surface area contributed by atoms with Gasteiger partial charge in [0.15, 0.2) is 17.4 Å². The van der Waals surface area contributed by atoms with Crippen LogP contribution in [0.25, 0.3) is 0 Å². The molecule has 6 fully saturated rings. The van der Waals surface area contributed by atoms with E-state index < -0.39 is 76.9 Å². The SMILES string of the molecule is CO[C@H]1[C@@H](C)[C@@H]([C@H](C)[C@H]2O[C@@]3(CC[C@@](C)(C4CC[C@@](C)([C@@H]5OC([C@H]6O[C@](C)(O)[C@H](C)[C@@H](OC)[C@@H]6C)[C@H](OC)[C@@H]5C)O4)O3)C[C@H](OC)[C@H]2C)O[C@@](O)([C@H](C)C(=O)O)[C@@H]1C. The molecule has 0 saturated carbocycles. The van der Waals surface area contributed by atoms with Crippen molar-refractivity contribution in [1.29, 1.82) is 0 Å². The third-order valence-corrected chi connectivity index (χ3v) is 16.3. The van der Waals surface area contributed by atoms with Gasteiger partial charge in [0.1, 0.15) is 12.0 Å². The van der Waals surface area contributed by atoms with Crippen LogP contribution in [0.3, 0.4) is 0 Å². The summed E-state index contributed by atoms with van der Waals surface area (Å²) >= 11 is 0. The number of aliphatic carboxylic acids is 1. The molecule has 3 N–H and O–H groups in total. The van der Waals surface area contributed by atoms with Gasteiger partial charge in [0.2, 0.25) is 0 Å². The normalized spacial score (nSPS) is 54.8. The van der Waals surface area contributed by atoms with Gasteiger partial charge in [0.05, 0.1) is 66.1 Å². The van der Waals surface area contributed by atoms with Gasteiger partial charge in [-0.3, -0.25) is 4.79 Å². The molecule has 23 atom stereocenters.